The maximum absolute atomic E-state index is 5.97. The molecule has 11 heteroatoms. The summed E-state index contributed by atoms with van der Waals surface area (Å²) in [4.78, 5) is 13.1. The molecule has 0 saturated heterocycles. The number of ether oxygens (including phenoxy) is 1. The van der Waals surface area contributed by atoms with Crippen molar-refractivity contribution in [2.24, 2.45) is 0 Å². The van der Waals surface area contributed by atoms with Crippen molar-refractivity contribution < 1.29 is 4.74 Å². The van der Waals surface area contributed by atoms with Gasteiger partial charge in [0.2, 0.25) is 5.88 Å². The van der Waals surface area contributed by atoms with Crippen LogP contribution in [0.5, 0.6) is 11.6 Å². The average molecular weight is 462 g/mol. The summed E-state index contributed by atoms with van der Waals surface area (Å²) >= 11 is 0. The van der Waals surface area contributed by atoms with E-state index < -0.39 is 0 Å². The number of benzene rings is 2. The third-order valence-corrected chi connectivity index (χ3v) is 5.43. The van der Waals surface area contributed by atoms with Crippen molar-refractivity contribution in [1.29, 1.82) is 0 Å². The lowest BCUT2D eigenvalue weighted by molar-refractivity contribution is 0.458. The van der Waals surface area contributed by atoms with Crippen LogP contribution in [0.1, 0.15) is 5.56 Å². The molecule has 11 nitrogen and oxygen atoms in total. The van der Waals surface area contributed by atoms with Crippen LogP contribution in [0.2, 0.25) is 0 Å². The number of nitrogen functional groups attached to an aromatic ring is 1. The fraction of sp³-hybridized carbons (Fsp3) is 0.0417. The van der Waals surface area contributed by atoms with Gasteiger partial charge < -0.3 is 15.8 Å². The number of hydrogen-bond donors (Lipinski definition) is 2. The van der Waals surface area contributed by atoms with Crippen molar-refractivity contribution in [2.45, 2.75) is 6.92 Å². The molecule has 0 aliphatic carbocycles. The Labute approximate surface area is 198 Å². The molecule has 3 N–H and O–H groups in total. The first-order valence-electron chi connectivity index (χ1n) is 10.7. The molecule has 6 rings (SSSR count). The Bertz CT molecular complexity index is 1680. The minimum Gasteiger partial charge on any atom is -0.439 e. The molecule has 0 aliphatic heterocycles. The van der Waals surface area contributed by atoms with E-state index in [9.17, 15) is 0 Å². The zero-order valence-corrected chi connectivity index (χ0v) is 18.5. The van der Waals surface area contributed by atoms with Crippen molar-refractivity contribution >= 4 is 33.9 Å². The van der Waals surface area contributed by atoms with Gasteiger partial charge in [-0.3, -0.25) is 4.40 Å². The van der Waals surface area contributed by atoms with E-state index >= 15 is 0 Å². The van der Waals surface area contributed by atoms with Crippen LogP contribution in [0, 0.1) is 6.92 Å². The molecule has 0 amide bonds. The maximum atomic E-state index is 5.97. The zero-order chi connectivity index (χ0) is 23.8. The first-order valence-corrected chi connectivity index (χ1v) is 10.7. The summed E-state index contributed by atoms with van der Waals surface area (Å²) in [7, 11) is 0. The number of anilines is 3. The van der Waals surface area contributed by atoms with E-state index in [2.05, 4.69) is 40.7 Å². The summed E-state index contributed by atoms with van der Waals surface area (Å²) < 4.78 is 7.68. The molecule has 2 aromatic carbocycles. The molecule has 0 saturated carbocycles. The van der Waals surface area contributed by atoms with Crippen molar-refractivity contribution in [3.05, 3.63) is 79.1 Å². The van der Waals surface area contributed by atoms with Crippen LogP contribution < -0.4 is 15.8 Å². The predicted octanol–water partition coefficient (Wildman–Crippen LogP) is 3.95. The number of rotatable bonds is 5. The Morgan fingerprint density at radius 2 is 1.83 bits per heavy atom. The smallest absolute Gasteiger partial charge is 0.224 e. The van der Waals surface area contributed by atoms with Gasteiger partial charge in [-0.1, -0.05) is 6.07 Å². The maximum Gasteiger partial charge on any atom is 0.224 e. The first kappa shape index (κ1) is 20.4. The van der Waals surface area contributed by atoms with Crippen LogP contribution in [-0.4, -0.2) is 39.7 Å². The standard InChI is InChI=1S/C24H18N10O/c1-14-8-16(3-6-20(14)35-23-10-22-33-29-13-34(22)12-28-23)30-24-17-9-15(2-4-19(17)26-11-27-24)18-5-7-21(25)32-31-18/h2-13H,1H3,(H2,25,32)(H,26,27,30). The number of nitrogens with two attached hydrogens (primary N) is 1. The minimum absolute atomic E-state index is 0.373. The summed E-state index contributed by atoms with van der Waals surface area (Å²) in [6.07, 6.45) is 4.73. The highest BCUT2D eigenvalue weighted by molar-refractivity contribution is 5.93. The Morgan fingerprint density at radius 3 is 2.69 bits per heavy atom. The van der Waals surface area contributed by atoms with E-state index in [1.54, 1.807) is 29.2 Å². The number of aromatic nitrogens is 8. The van der Waals surface area contributed by atoms with Gasteiger partial charge in [0.15, 0.2) is 5.65 Å². The fourth-order valence-electron chi connectivity index (χ4n) is 3.67. The topological polar surface area (TPSA) is 142 Å². The van der Waals surface area contributed by atoms with Crippen LogP contribution >= 0.6 is 0 Å². The van der Waals surface area contributed by atoms with Gasteiger partial charge >= 0.3 is 0 Å². The van der Waals surface area contributed by atoms with Crippen LogP contribution in [0.15, 0.2) is 73.6 Å². The van der Waals surface area contributed by atoms with Gasteiger partial charge in [-0.2, -0.15) is 0 Å². The van der Waals surface area contributed by atoms with Gasteiger partial charge in [-0.25, -0.2) is 15.0 Å². The molecule has 4 heterocycles. The molecule has 35 heavy (non-hydrogen) atoms. The average Bonchev–Trinajstić information content (AvgIpc) is 3.34. The Morgan fingerprint density at radius 1 is 0.886 bits per heavy atom. The highest BCUT2D eigenvalue weighted by atomic mass is 16.5. The van der Waals surface area contributed by atoms with Crippen LogP contribution in [-0.2, 0) is 0 Å². The second-order valence-corrected chi connectivity index (χ2v) is 7.83. The summed E-state index contributed by atoms with van der Waals surface area (Å²) in [6.45, 7) is 1.96. The van der Waals surface area contributed by atoms with Gasteiger partial charge in [0.25, 0.3) is 0 Å². The minimum atomic E-state index is 0.373. The third kappa shape index (κ3) is 4.02. The fourth-order valence-corrected chi connectivity index (χ4v) is 3.67. The predicted molar refractivity (Wildman–Crippen MR) is 130 cm³/mol. The molecule has 0 fully saturated rings. The quantitative estimate of drug-likeness (QED) is 0.386. The van der Waals surface area contributed by atoms with Crippen molar-refractivity contribution in [2.75, 3.05) is 11.1 Å². The Balaban J connectivity index is 1.28. The SMILES string of the molecule is Cc1cc(Nc2ncnc3ccc(-c4ccc(N)nn4)cc23)ccc1Oc1cc2nncn2cn1. The van der Waals surface area contributed by atoms with Crippen LogP contribution in [0.3, 0.4) is 0 Å². The Hall–Kier alpha value is -5.19. The van der Waals surface area contributed by atoms with Gasteiger partial charge in [0, 0.05) is 22.7 Å². The largest absolute Gasteiger partial charge is 0.439 e. The number of aryl methyl sites for hydroxylation is 1. The normalized spacial score (nSPS) is 11.1. The molecule has 0 radical (unpaired) electrons. The summed E-state index contributed by atoms with van der Waals surface area (Å²) in [5.41, 5.74) is 10.5. The van der Waals surface area contributed by atoms with Gasteiger partial charge in [0.1, 0.15) is 36.4 Å². The van der Waals surface area contributed by atoms with Crippen LogP contribution in [0.25, 0.3) is 27.8 Å². The van der Waals surface area contributed by atoms with Crippen LogP contribution in [0.4, 0.5) is 17.3 Å². The van der Waals surface area contributed by atoms with Crippen molar-refractivity contribution in [1.82, 2.24) is 39.7 Å². The van der Waals surface area contributed by atoms with Gasteiger partial charge in [0.05, 0.1) is 11.2 Å². The zero-order valence-electron chi connectivity index (χ0n) is 18.5. The molecule has 0 aliphatic rings. The van der Waals surface area contributed by atoms with E-state index in [0.717, 1.165) is 27.7 Å². The second-order valence-electron chi connectivity index (χ2n) is 7.83. The summed E-state index contributed by atoms with van der Waals surface area (Å²) in [5, 5.41) is 20.2. The lowest BCUT2D eigenvalue weighted by atomic mass is 10.1. The Kier molecular flexibility index (Phi) is 4.84. The van der Waals surface area contributed by atoms with E-state index in [1.807, 2.05) is 49.4 Å². The molecule has 6 aromatic rings. The van der Waals surface area contributed by atoms with Crippen molar-refractivity contribution in [3.8, 4) is 22.9 Å². The summed E-state index contributed by atoms with van der Waals surface area (Å²) in [6, 6.07) is 16.9. The number of nitrogens with zero attached hydrogens (tertiary/aromatic N) is 8. The van der Waals surface area contributed by atoms with E-state index in [0.29, 0.717) is 34.6 Å². The van der Waals surface area contributed by atoms with E-state index in [4.69, 9.17) is 10.5 Å². The third-order valence-electron chi connectivity index (χ3n) is 5.43. The molecular formula is C24H18N10O. The number of nitrogens with one attached hydrogen (secondary N) is 1. The van der Waals surface area contributed by atoms with Crippen molar-refractivity contribution in [3.63, 3.8) is 0 Å². The molecule has 0 bridgehead atoms. The molecular weight excluding hydrogens is 444 g/mol. The molecule has 0 unspecified atom stereocenters. The van der Waals surface area contributed by atoms with Gasteiger partial charge in [-0.15, -0.1) is 20.4 Å². The number of hydrogen-bond acceptors (Lipinski definition) is 10. The molecule has 0 atom stereocenters. The molecule has 170 valence electrons. The molecule has 0 spiro atoms. The first-order chi connectivity index (χ1) is 17.1. The van der Waals surface area contributed by atoms with E-state index in [-0.39, 0.29) is 0 Å². The monoisotopic (exact) mass is 462 g/mol. The second kappa shape index (κ2) is 8.30. The highest BCUT2D eigenvalue weighted by Gasteiger charge is 2.10. The van der Waals surface area contributed by atoms with E-state index in [1.165, 1.54) is 6.33 Å². The summed E-state index contributed by atoms with van der Waals surface area (Å²) in [5.74, 6) is 2.17. The lowest BCUT2D eigenvalue weighted by Crippen LogP contribution is -1.98. The van der Waals surface area contributed by atoms with Gasteiger partial charge in [-0.05, 0) is 55.0 Å². The highest BCUT2D eigenvalue weighted by Crippen LogP contribution is 2.31. The number of fused-ring (bicyclic) bond motifs is 2. The lowest BCUT2D eigenvalue weighted by Gasteiger charge is -2.12. The molecule has 4 aromatic heterocycles.